The lowest BCUT2D eigenvalue weighted by Crippen LogP contribution is -2.17. The minimum atomic E-state index is -3.51. The topological polar surface area (TPSA) is 96.7 Å². The minimum absolute atomic E-state index is 0.00709. The van der Waals surface area contributed by atoms with Gasteiger partial charge in [-0.05, 0) is 53.8 Å². The molecule has 0 bridgehead atoms. The van der Waals surface area contributed by atoms with Crippen LogP contribution < -0.4 is 0 Å². The molecule has 8 heteroatoms. The maximum Gasteiger partial charge on any atom is 0.305 e. The van der Waals surface area contributed by atoms with E-state index in [1.54, 1.807) is 12.1 Å². The predicted molar refractivity (Wildman–Crippen MR) is 141 cm³/mol. The van der Waals surface area contributed by atoms with Gasteiger partial charge in [-0.15, -0.1) is 0 Å². The van der Waals surface area contributed by atoms with Gasteiger partial charge in [0.2, 0.25) is 7.37 Å². The quantitative estimate of drug-likeness (QED) is 0.294. The zero-order valence-corrected chi connectivity index (χ0v) is 21.7. The van der Waals surface area contributed by atoms with Crippen molar-refractivity contribution >= 4 is 19.4 Å². The number of aliphatic hydroxyl groups is 1. The molecule has 0 saturated carbocycles. The standard InChI is InChI=1S/C28H31FNO5P/c1-18(2)28-24(12-13-36(34,35-4)17-22(31)15-27(32)33)25(23-11-10-21(29)14-19(23)3)16-26(30-28)20-8-6-5-7-9-20/h5-14,16,18,22,31H,15,17H2,1-4H3,(H,32,33)/t22-,36?/m0/s1. The number of aryl methyl sites for hydroxylation is 1. The number of nitrogens with zero attached hydrogens (tertiary/aromatic N) is 1. The van der Waals surface area contributed by atoms with Crippen molar-refractivity contribution in [3.05, 3.63) is 83.1 Å². The molecule has 6 nitrogen and oxygen atoms in total. The summed E-state index contributed by atoms with van der Waals surface area (Å²) >= 11 is 0. The lowest BCUT2D eigenvalue weighted by molar-refractivity contribution is -0.138. The Labute approximate surface area is 210 Å². The molecule has 36 heavy (non-hydrogen) atoms. The predicted octanol–water partition coefficient (Wildman–Crippen LogP) is 6.72. The average molecular weight is 512 g/mol. The van der Waals surface area contributed by atoms with Gasteiger partial charge in [-0.3, -0.25) is 14.3 Å². The third-order valence-electron chi connectivity index (χ3n) is 5.84. The molecule has 0 aliphatic carbocycles. The second-order valence-electron chi connectivity index (χ2n) is 8.99. The van der Waals surface area contributed by atoms with Crippen LogP contribution in [0.2, 0.25) is 0 Å². The summed E-state index contributed by atoms with van der Waals surface area (Å²) in [5.74, 6) is -0.143. The summed E-state index contributed by atoms with van der Waals surface area (Å²) < 4.78 is 32.5. The highest BCUT2D eigenvalue weighted by Crippen LogP contribution is 2.50. The molecular weight excluding hydrogens is 480 g/mol. The Kier molecular flexibility index (Phi) is 8.96. The smallest absolute Gasteiger partial charge is 0.305 e. The molecule has 190 valence electrons. The highest BCUT2D eigenvalue weighted by Gasteiger charge is 2.25. The SMILES string of the molecule is COP(=O)(C=Cc1c(-c2ccc(F)cc2C)cc(-c2ccccc2)nc1C(C)C)C[C@@H](O)CC(=O)O. The summed E-state index contributed by atoms with van der Waals surface area (Å²) in [5.41, 5.74) is 5.45. The third kappa shape index (κ3) is 6.76. The molecule has 0 aliphatic rings. The highest BCUT2D eigenvalue weighted by molar-refractivity contribution is 7.62. The molecule has 2 atom stereocenters. The Hall–Kier alpha value is -3.12. The lowest BCUT2D eigenvalue weighted by atomic mass is 9.90. The maximum absolute atomic E-state index is 13.9. The highest BCUT2D eigenvalue weighted by atomic mass is 31.2. The first-order valence-electron chi connectivity index (χ1n) is 11.6. The van der Waals surface area contributed by atoms with Gasteiger partial charge >= 0.3 is 5.97 Å². The van der Waals surface area contributed by atoms with E-state index in [4.69, 9.17) is 14.6 Å². The van der Waals surface area contributed by atoms with Crippen LogP contribution >= 0.6 is 7.37 Å². The molecule has 2 aromatic carbocycles. The van der Waals surface area contributed by atoms with E-state index in [0.29, 0.717) is 5.56 Å². The fraction of sp³-hybridized carbons (Fsp3) is 0.286. The van der Waals surface area contributed by atoms with Crippen LogP contribution in [0, 0.1) is 12.7 Å². The molecule has 0 aliphatic heterocycles. The fourth-order valence-electron chi connectivity index (χ4n) is 4.04. The Balaban J connectivity index is 2.22. The van der Waals surface area contributed by atoms with Crippen molar-refractivity contribution in [1.29, 1.82) is 0 Å². The maximum atomic E-state index is 13.9. The summed E-state index contributed by atoms with van der Waals surface area (Å²) in [6.07, 6.45) is -0.525. The number of aliphatic hydroxyl groups excluding tert-OH is 1. The van der Waals surface area contributed by atoms with Crippen molar-refractivity contribution in [3.8, 4) is 22.4 Å². The van der Waals surface area contributed by atoms with Gasteiger partial charge in [0.1, 0.15) is 5.82 Å². The van der Waals surface area contributed by atoms with Crippen molar-refractivity contribution in [3.63, 3.8) is 0 Å². The molecule has 0 spiro atoms. The largest absolute Gasteiger partial charge is 0.481 e. The van der Waals surface area contributed by atoms with Crippen molar-refractivity contribution < 1.29 is 28.5 Å². The second-order valence-corrected chi connectivity index (χ2v) is 11.5. The van der Waals surface area contributed by atoms with Crippen LogP contribution in [0.4, 0.5) is 4.39 Å². The minimum Gasteiger partial charge on any atom is -0.481 e. The number of halogens is 1. The zero-order chi connectivity index (χ0) is 26.5. The van der Waals surface area contributed by atoms with Gasteiger partial charge in [0.15, 0.2) is 0 Å². The van der Waals surface area contributed by atoms with E-state index in [1.807, 2.05) is 57.2 Å². The van der Waals surface area contributed by atoms with Gasteiger partial charge in [0.25, 0.3) is 0 Å². The molecule has 0 fully saturated rings. The molecular formula is C28H31FNO5P. The molecule has 3 rings (SSSR count). The van der Waals surface area contributed by atoms with E-state index in [0.717, 1.165) is 33.6 Å². The molecule has 1 heterocycles. The van der Waals surface area contributed by atoms with Crippen LogP contribution in [0.15, 0.2) is 60.4 Å². The number of benzene rings is 2. The van der Waals surface area contributed by atoms with E-state index in [9.17, 15) is 18.9 Å². The van der Waals surface area contributed by atoms with Crippen molar-refractivity contribution in [2.45, 2.75) is 39.2 Å². The van der Waals surface area contributed by atoms with Gasteiger partial charge < -0.3 is 14.7 Å². The Morgan fingerprint density at radius 3 is 2.42 bits per heavy atom. The van der Waals surface area contributed by atoms with Crippen molar-refractivity contribution in [1.82, 2.24) is 4.98 Å². The van der Waals surface area contributed by atoms with Gasteiger partial charge in [-0.25, -0.2) is 4.39 Å². The first-order valence-corrected chi connectivity index (χ1v) is 13.5. The second kappa shape index (κ2) is 11.7. The van der Waals surface area contributed by atoms with E-state index >= 15 is 0 Å². The number of pyridine rings is 1. The molecule has 0 amide bonds. The lowest BCUT2D eigenvalue weighted by Gasteiger charge is -2.19. The number of aromatic nitrogens is 1. The zero-order valence-electron chi connectivity index (χ0n) is 20.8. The summed E-state index contributed by atoms with van der Waals surface area (Å²) in [6.45, 7) is 5.83. The summed E-state index contributed by atoms with van der Waals surface area (Å²) in [6, 6.07) is 16.2. The third-order valence-corrected chi connectivity index (χ3v) is 7.99. The number of carboxylic acid groups (broad SMARTS) is 1. The van der Waals surface area contributed by atoms with Crippen LogP contribution in [-0.2, 0) is 13.9 Å². The first kappa shape index (κ1) is 27.5. The molecule has 1 unspecified atom stereocenters. The van der Waals surface area contributed by atoms with Crippen molar-refractivity contribution in [2.24, 2.45) is 0 Å². The molecule has 3 aromatic rings. The number of hydrogen-bond acceptors (Lipinski definition) is 5. The summed E-state index contributed by atoms with van der Waals surface area (Å²) in [4.78, 5) is 15.9. The first-order chi connectivity index (χ1) is 17.0. The van der Waals surface area contributed by atoms with E-state index < -0.39 is 25.9 Å². The van der Waals surface area contributed by atoms with Crippen molar-refractivity contribution in [2.75, 3.05) is 13.3 Å². The number of carbonyl (C=O) groups is 1. The Bertz CT molecular complexity index is 1310. The normalized spacial score (nSPS) is 14.2. The monoisotopic (exact) mass is 511 g/mol. The molecule has 2 N–H and O–H groups in total. The molecule has 0 radical (unpaired) electrons. The van der Waals surface area contributed by atoms with Gasteiger partial charge in [0, 0.05) is 24.1 Å². The van der Waals surface area contributed by atoms with E-state index in [2.05, 4.69) is 0 Å². The van der Waals surface area contributed by atoms with Crippen LogP contribution in [-0.4, -0.2) is 40.5 Å². The van der Waals surface area contributed by atoms with Crippen LogP contribution in [0.1, 0.15) is 43.0 Å². The number of carboxylic acids is 1. The number of hydrogen-bond donors (Lipinski definition) is 2. The summed E-state index contributed by atoms with van der Waals surface area (Å²) in [7, 11) is -2.24. The molecule has 1 aromatic heterocycles. The average Bonchev–Trinajstić information content (AvgIpc) is 2.82. The van der Waals surface area contributed by atoms with E-state index in [1.165, 1.54) is 25.1 Å². The Morgan fingerprint density at radius 1 is 1.14 bits per heavy atom. The van der Waals surface area contributed by atoms with E-state index in [-0.39, 0.29) is 17.9 Å². The van der Waals surface area contributed by atoms with Gasteiger partial charge in [-0.2, -0.15) is 0 Å². The van der Waals surface area contributed by atoms with Crippen LogP contribution in [0.5, 0.6) is 0 Å². The van der Waals surface area contributed by atoms with Crippen LogP contribution in [0.3, 0.4) is 0 Å². The Morgan fingerprint density at radius 2 is 1.83 bits per heavy atom. The fourth-order valence-corrected chi connectivity index (χ4v) is 5.53. The number of aliphatic carboxylic acids is 1. The summed E-state index contributed by atoms with van der Waals surface area (Å²) in [5, 5.41) is 19.0. The molecule has 0 saturated heterocycles. The van der Waals surface area contributed by atoms with Gasteiger partial charge in [0.05, 0.1) is 30.1 Å². The van der Waals surface area contributed by atoms with Gasteiger partial charge in [-0.1, -0.05) is 50.2 Å². The van der Waals surface area contributed by atoms with Crippen LogP contribution in [0.25, 0.3) is 28.5 Å². The number of rotatable bonds is 10.